The van der Waals surface area contributed by atoms with E-state index in [9.17, 15) is 9.18 Å². The molecule has 1 atom stereocenters. The number of hydrogen-bond donors (Lipinski definition) is 1. The summed E-state index contributed by atoms with van der Waals surface area (Å²) in [6.45, 7) is 6.04. The summed E-state index contributed by atoms with van der Waals surface area (Å²) in [7, 11) is 0. The number of para-hydroxylation sites is 1. The number of likely N-dealkylation sites (tertiary alicyclic amines) is 1. The molecule has 1 aromatic heterocycles. The molecular formula is C27H26ClFN2O4. The van der Waals surface area contributed by atoms with Crippen LogP contribution in [0.5, 0.6) is 11.5 Å². The fourth-order valence-electron chi connectivity index (χ4n) is 4.94. The van der Waals surface area contributed by atoms with Gasteiger partial charge in [-0.3, -0.25) is 9.88 Å². The quantitative estimate of drug-likeness (QED) is 0.474. The van der Waals surface area contributed by atoms with Gasteiger partial charge in [-0.2, -0.15) is 0 Å². The Kier molecular flexibility index (Phi) is 6.15. The smallest absolute Gasteiger partial charge is 0.337 e. The third-order valence-corrected chi connectivity index (χ3v) is 7.10. The fourth-order valence-corrected chi connectivity index (χ4v) is 5.10. The van der Waals surface area contributed by atoms with Crippen molar-refractivity contribution in [2.24, 2.45) is 0 Å². The highest BCUT2D eigenvalue weighted by molar-refractivity contribution is 6.30. The summed E-state index contributed by atoms with van der Waals surface area (Å²) >= 11 is 5.92. The van der Waals surface area contributed by atoms with Crippen LogP contribution in [0.15, 0.2) is 48.7 Å². The number of piperidine rings is 1. The maximum Gasteiger partial charge on any atom is 0.337 e. The van der Waals surface area contributed by atoms with Gasteiger partial charge in [-0.1, -0.05) is 23.7 Å². The third-order valence-electron chi connectivity index (χ3n) is 6.87. The molecule has 3 aromatic rings. The Labute approximate surface area is 208 Å². The summed E-state index contributed by atoms with van der Waals surface area (Å²) in [5.74, 6) is -1.14. The second-order valence-electron chi connectivity index (χ2n) is 9.29. The summed E-state index contributed by atoms with van der Waals surface area (Å²) in [5.41, 5.74) is 3.35. The lowest BCUT2D eigenvalue weighted by Gasteiger charge is -2.32. The molecule has 3 heterocycles. The summed E-state index contributed by atoms with van der Waals surface area (Å²) in [6.07, 6.45) is 3.28. The number of benzene rings is 2. The standard InChI is InChI=1S/C27H26ClFN2O4/c1-16-12-18(26(32)33)14-30-23(16)15-31-10-8-17(9-11-31)20-4-3-5-24-25(20)35-27(2,34-24)21-7-6-19(28)13-22(21)29/h3-7,12-14,17H,8-11,15H2,1-2H3,(H,32,33). The first-order valence-electron chi connectivity index (χ1n) is 11.6. The molecule has 8 heteroatoms. The number of halogens is 2. The first-order chi connectivity index (χ1) is 16.7. The number of carboxylic acids is 1. The lowest BCUT2D eigenvalue weighted by molar-refractivity contribution is -0.0712. The highest BCUT2D eigenvalue weighted by Gasteiger charge is 2.42. The van der Waals surface area contributed by atoms with Crippen LogP contribution in [0.25, 0.3) is 0 Å². The minimum atomic E-state index is -1.26. The lowest BCUT2D eigenvalue weighted by Crippen LogP contribution is -2.34. The van der Waals surface area contributed by atoms with Crippen LogP contribution in [0.1, 0.15) is 58.4 Å². The van der Waals surface area contributed by atoms with Crippen LogP contribution in [-0.4, -0.2) is 34.0 Å². The summed E-state index contributed by atoms with van der Waals surface area (Å²) in [4.78, 5) is 17.9. The Balaban J connectivity index is 1.29. The second kappa shape index (κ2) is 9.13. The zero-order chi connectivity index (χ0) is 24.7. The summed E-state index contributed by atoms with van der Waals surface area (Å²) in [5, 5.41) is 9.47. The Morgan fingerprint density at radius 2 is 2.00 bits per heavy atom. The molecule has 0 amide bonds. The van der Waals surface area contributed by atoms with E-state index in [1.165, 1.54) is 12.3 Å². The highest BCUT2D eigenvalue weighted by Crippen LogP contribution is 2.49. The number of nitrogens with zero attached hydrogens (tertiary/aromatic N) is 2. The SMILES string of the molecule is Cc1cc(C(=O)O)cnc1CN1CCC(c2cccc3c2OC(C)(c2ccc(Cl)cc2F)O3)CC1. The van der Waals surface area contributed by atoms with Gasteiger partial charge in [0.25, 0.3) is 5.79 Å². The molecule has 182 valence electrons. The largest absolute Gasteiger partial charge is 0.478 e. The number of fused-ring (bicyclic) bond motifs is 1. The van der Waals surface area contributed by atoms with Crippen molar-refractivity contribution in [2.45, 2.75) is 44.9 Å². The summed E-state index contributed by atoms with van der Waals surface area (Å²) < 4.78 is 27.0. The number of ether oxygens (including phenoxy) is 2. The molecular weight excluding hydrogens is 471 g/mol. The molecule has 0 saturated carbocycles. The van der Waals surface area contributed by atoms with Crippen molar-refractivity contribution >= 4 is 17.6 Å². The number of pyridine rings is 1. The van der Waals surface area contributed by atoms with Crippen molar-refractivity contribution in [1.29, 1.82) is 0 Å². The van der Waals surface area contributed by atoms with Gasteiger partial charge in [-0.25, -0.2) is 9.18 Å². The van der Waals surface area contributed by atoms with E-state index in [1.54, 1.807) is 25.1 Å². The van der Waals surface area contributed by atoms with Crippen LogP contribution < -0.4 is 9.47 Å². The first-order valence-corrected chi connectivity index (χ1v) is 12.0. The predicted octanol–water partition coefficient (Wildman–Crippen LogP) is 5.90. The molecule has 2 aliphatic heterocycles. The minimum absolute atomic E-state index is 0.204. The van der Waals surface area contributed by atoms with Gasteiger partial charge in [0.2, 0.25) is 0 Å². The van der Waals surface area contributed by atoms with Crippen LogP contribution in [0.2, 0.25) is 5.02 Å². The monoisotopic (exact) mass is 496 g/mol. The Morgan fingerprint density at radius 1 is 1.23 bits per heavy atom. The lowest BCUT2D eigenvalue weighted by atomic mass is 9.88. The number of hydrogen-bond acceptors (Lipinski definition) is 5. The Bertz CT molecular complexity index is 1290. The topological polar surface area (TPSA) is 71.9 Å². The average Bonchev–Trinajstić information content (AvgIpc) is 3.17. The number of carbonyl (C=O) groups is 1. The molecule has 0 aliphatic carbocycles. The van der Waals surface area contributed by atoms with Crippen LogP contribution in [0, 0.1) is 12.7 Å². The molecule has 2 aromatic carbocycles. The van der Waals surface area contributed by atoms with E-state index < -0.39 is 17.6 Å². The maximum atomic E-state index is 14.7. The fraction of sp³-hybridized carbons (Fsp3) is 0.333. The van der Waals surface area contributed by atoms with Gasteiger partial charge < -0.3 is 14.6 Å². The summed E-state index contributed by atoms with van der Waals surface area (Å²) in [6, 6.07) is 12.0. The minimum Gasteiger partial charge on any atom is -0.478 e. The van der Waals surface area contributed by atoms with Gasteiger partial charge in [0.05, 0.1) is 16.8 Å². The van der Waals surface area contributed by atoms with E-state index in [1.807, 2.05) is 19.1 Å². The highest BCUT2D eigenvalue weighted by atomic mass is 35.5. The number of rotatable bonds is 5. The van der Waals surface area contributed by atoms with Crippen molar-refractivity contribution in [3.63, 3.8) is 0 Å². The van der Waals surface area contributed by atoms with Crippen LogP contribution >= 0.6 is 11.6 Å². The molecule has 1 N–H and O–H groups in total. The first kappa shape index (κ1) is 23.6. The molecule has 2 aliphatic rings. The maximum absolute atomic E-state index is 14.7. The second-order valence-corrected chi connectivity index (χ2v) is 9.73. The number of aromatic nitrogens is 1. The molecule has 6 nitrogen and oxygen atoms in total. The molecule has 0 radical (unpaired) electrons. The van der Waals surface area contributed by atoms with Crippen LogP contribution in [0.4, 0.5) is 4.39 Å². The van der Waals surface area contributed by atoms with Gasteiger partial charge in [0.15, 0.2) is 11.5 Å². The molecule has 35 heavy (non-hydrogen) atoms. The molecule has 0 spiro atoms. The molecule has 1 saturated heterocycles. The average molecular weight is 497 g/mol. The van der Waals surface area contributed by atoms with Crippen molar-refractivity contribution in [3.05, 3.63) is 87.4 Å². The molecule has 1 fully saturated rings. The van der Waals surface area contributed by atoms with Crippen molar-refractivity contribution in [3.8, 4) is 11.5 Å². The molecule has 0 bridgehead atoms. The normalized spacial score (nSPS) is 20.2. The van der Waals surface area contributed by atoms with Crippen molar-refractivity contribution in [1.82, 2.24) is 9.88 Å². The zero-order valence-electron chi connectivity index (χ0n) is 19.6. The Morgan fingerprint density at radius 3 is 2.69 bits per heavy atom. The van der Waals surface area contributed by atoms with Gasteiger partial charge in [0, 0.05) is 30.3 Å². The van der Waals surface area contributed by atoms with Gasteiger partial charge in [0.1, 0.15) is 5.82 Å². The number of carboxylic acid groups (broad SMARTS) is 1. The van der Waals surface area contributed by atoms with Gasteiger partial charge in [-0.15, -0.1) is 0 Å². The van der Waals surface area contributed by atoms with Gasteiger partial charge >= 0.3 is 5.97 Å². The van der Waals surface area contributed by atoms with Crippen LogP contribution in [-0.2, 0) is 12.3 Å². The molecule has 5 rings (SSSR count). The van der Waals surface area contributed by atoms with E-state index in [4.69, 9.17) is 26.2 Å². The zero-order valence-corrected chi connectivity index (χ0v) is 20.3. The predicted molar refractivity (Wildman–Crippen MR) is 130 cm³/mol. The van der Waals surface area contributed by atoms with E-state index in [2.05, 4.69) is 16.0 Å². The van der Waals surface area contributed by atoms with E-state index in [-0.39, 0.29) is 11.5 Å². The van der Waals surface area contributed by atoms with E-state index in [0.29, 0.717) is 28.6 Å². The third kappa shape index (κ3) is 4.58. The van der Waals surface area contributed by atoms with Crippen LogP contribution in [0.3, 0.4) is 0 Å². The number of aryl methyl sites for hydroxylation is 1. The van der Waals surface area contributed by atoms with Gasteiger partial charge in [-0.05, 0) is 74.7 Å². The van der Waals surface area contributed by atoms with E-state index >= 15 is 0 Å². The van der Waals surface area contributed by atoms with Crippen molar-refractivity contribution < 1.29 is 23.8 Å². The number of aromatic carboxylic acids is 1. The molecule has 1 unspecified atom stereocenters. The van der Waals surface area contributed by atoms with Crippen molar-refractivity contribution in [2.75, 3.05) is 13.1 Å². The Hall–Kier alpha value is -3.16. The van der Waals surface area contributed by atoms with E-state index in [0.717, 1.165) is 42.8 Å².